The first-order valence-corrected chi connectivity index (χ1v) is 7.19. The average molecular weight is 316 g/mol. The van der Waals surface area contributed by atoms with E-state index in [9.17, 15) is 9.90 Å². The van der Waals surface area contributed by atoms with E-state index in [1.54, 1.807) is 13.1 Å². The van der Waals surface area contributed by atoms with Gasteiger partial charge in [-0.1, -0.05) is 18.5 Å². The molecule has 2 N–H and O–H groups in total. The molecule has 1 heterocycles. The van der Waals surface area contributed by atoms with Crippen LogP contribution in [0.4, 0.5) is 5.82 Å². The first-order valence-electron chi connectivity index (χ1n) is 6.81. The third-order valence-electron chi connectivity index (χ3n) is 2.83. The highest BCUT2D eigenvalue weighted by molar-refractivity contribution is 6.33. The van der Waals surface area contributed by atoms with E-state index in [0.717, 1.165) is 13.0 Å². The number of ether oxygens (including phenoxy) is 1. The zero-order chi connectivity index (χ0) is 15.8. The summed E-state index contributed by atoms with van der Waals surface area (Å²) in [5.74, 6) is 0.340. The van der Waals surface area contributed by atoms with Gasteiger partial charge in [0, 0.05) is 33.4 Å². The lowest BCUT2D eigenvalue weighted by Crippen LogP contribution is -2.36. The molecule has 0 spiro atoms. The topological polar surface area (TPSA) is 74.7 Å². The number of nitrogens with zero attached hydrogens (tertiary/aromatic N) is 2. The quantitative estimate of drug-likeness (QED) is 0.763. The Balaban J connectivity index is 2.80. The van der Waals surface area contributed by atoms with Crippen LogP contribution in [0.3, 0.4) is 0 Å². The summed E-state index contributed by atoms with van der Waals surface area (Å²) in [5.41, 5.74) is 0.359. The van der Waals surface area contributed by atoms with E-state index in [1.807, 2.05) is 6.92 Å². The van der Waals surface area contributed by atoms with Gasteiger partial charge < -0.3 is 20.1 Å². The van der Waals surface area contributed by atoms with Crippen molar-refractivity contribution in [1.29, 1.82) is 0 Å². The van der Waals surface area contributed by atoms with E-state index >= 15 is 0 Å². The van der Waals surface area contributed by atoms with E-state index in [1.165, 1.54) is 18.2 Å². The highest BCUT2D eigenvalue weighted by atomic mass is 35.5. The second-order valence-electron chi connectivity index (χ2n) is 4.77. The van der Waals surface area contributed by atoms with Gasteiger partial charge in [0.2, 0.25) is 0 Å². The number of aromatic nitrogens is 1. The molecule has 118 valence electrons. The molecule has 0 radical (unpaired) electrons. The van der Waals surface area contributed by atoms with Gasteiger partial charge in [0.05, 0.1) is 23.3 Å². The standard InChI is InChI=1S/C14H22ClN3O3/c1-4-5-16-13-6-11(12(15)7-17-13)14(20)18(2)8-10(19)9-21-3/h6-7,10,19H,4-5,8-9H2,1-3H3,(H,16,17). The smallest absolute Gasteiger partial charge is 0.255 e. The van der Waals surface area contributed by atoms with E-state index < -0.39 is 6.10 Å². The third kappa shape index (κ3) is 5.49. The fourth-order valence-electron chi connectivity index (χ4n) is 1.80. The molecule has 0 bridgehead atoms. The Morgan fingerprint density at radius 1 is 1.62 bits per heavy atom. The van der Waals surface area contributed by atoms with Gasteiger partial charge in [-0.25, -0.2) is 4.98 Å². The molecule has 21 heavy (non-hydrogen) atoms. The molecule has 0 aliphatic carbocycles. The van der Waals surface area contributed by atoms with E-state index in [2.05, 4.69) is 10.3 Å². The molecule has 0 saturated heterocycles. The Bertz CT molecular complexity index is 471. The number of aliphatic hydroxyl groups excluding tert-OH is 1. The number of hydrogen-bond donors (Lipinski definition) is 2. The molecular formula is C14H22ClN3O3. The number of carbonyl (C=O) groups excluding carboxylic acids is 1. The molecule has 1 atom stereocenters. The second kappa shape index (κ2) is 8.81. The molecule has 7 heteroatoms. The summed E-state index contributed by atoms with van der Waals surface area (Å²) in [6.45, 7) is 3.15. The number of methoxy groups -OCH3 is 1. The lowest BCUT2D eigenvalue weighted by Gasteiger charge is -2.21. The molecule has 1 aromatic rings. The van der Waals surface area contributed by atoms with Crippen LogP contribution in [0, 0.1) is 0 Å². The number of hydrogen-bond acceptors (Lipinski definition) is 5. The fourth-order valence-corrected chi connectivity index (χ4v) is 1.99. The molecule has 1 unspecified atom stereocenters. The van der Waals surface area contributed by atoms with Gasteiger partial charge in [-0.2, -0.15) is 0 Å². The molecule has 0 fully saturated rings. The molecule has 1 amide bonds. The normalized spacial score (nSPS) is 12.0. The van der Waals surface area contributed by atoms with E-state index in [0.29, 0.717) is 11.4 Å². The number of likely N-dealkylation sites (N-methyl/N-ethyl adjacent to an activating group) is 1. The van der Waals surface area contributed by atoms with Gasteiger partial charge in [0.15, 0.2) is 0 Å². The molecule has 0 aliphatic rings. The molecule has 6 nitrogen and oxygen atoms in total. The van der Waals surface area contributed by atoms with Crippen LogP contribution in [-0.4, -0.2) is 60.9 Å². The predicted molar refractivity (Wildman–Crippen MR) is 82.9 cm³/mol. The van der Waals surface area contributed by atoms with Crippen LogP contribution in [0.1, 0.15) is 23.7 Å². The van der Waals surface area contributed by atoms with Crippen molar-refractivity contribution < 1.29 is 14.6 Å². The van der Waals surface area contributed by atoms with Crippen LogP contribution in [0.2, 0.25) is 5.02 Å². The number of halogens is 1. The van der Waals surface area contributed by atoms with Gasteiger partial charge in [0.25, 0.3) is 5.91 Å². The maximum atomic E-state index is 12.4. The summed E-state index contributed by atoms with van der Waals surface area (Å²) in [5, 5.41) is 13.1. The van der Waals surface area contributed by atoms with Gasteiger partial charge in [-0.05, 0) is 12.5 Å². The number of pyridine rings is 1. The lowest BCUT2D eigenvalue weighted by molar-refractivity contribution is 0.0380. The van der Waals surface area contributed by atoms with E-state index in [-0.39, 0.29) is 24.1 Å². The van der Waals surface area contributed by atoms with Crippen molar-refractivity contribution in [3.63, 3.8) is 0 Å². The molecule has 0 saturated carbocycles. The first kappa shape index (κ1) is 17.7. The second-order valence-corrected chi connectivity index (χ2v) is 5.18. The molecule has 1 rings (SSSR count). The zero-order valence-corrected chi connectivity index (χ0v) is 13.4. The first-order chi connectivity index (χ1) is 9.99. The summed E-state index contributed by atoms with van der Waals surface area (Å²) < 4.78 is 4.84. The lowest BCUT2D eigenvalue weighted by atomic mass is 10.2. The number of rotatable bonds is 8. The average Bonchev–Trinajstić information content (AvgIpc) is 2.45. The predicted octanol–water partition coefficient (Wildman–Crippen LogP) is 1.64. The SMILES string of the molecule is CCCNc1cc(C(=O)N(C)CC(O)COC)c(Cl)cn1. The summed E-state index contributed by atoms with van der Waals surface area (Å²) in [6.07, 6.45) is 1.67. The van der Waals surface area contributed by atoms with Crippen LogP contribution in [0.25, 0.3) is 0 Å². The summed E-state index contributed by atoms with van der Waals surface area (Å²) in [7, 11) is 3.10. The minimum atomic E-state index is -0.734. The Morgan fingerprint density at radius 3 is 2.95 bits per heavy atom. The van der Waals surface area contributed by atoms with Gasteiger partial charge >= 0.3 is 0 Å². The molecule has 0 aliphatic heterocycles. The monoisotopic (exact) mass is 315 g/mol. The van der Waals surface area contributed by atoms with Crippen molar-refractivity contribution in [1.82, 2.24) is 9.88 Å². The van der Waals surface area contributed by atoms with Gasteiger partial charge in [0.1, 0.15) is 5.82 Å². The number of anilines is 1. The Morgan fingerprint density at radius 2 is 2.33 bits per heavy atom. The molecule has 0 aromatic carbocycles. The minimum Gasteiger partial charge on any atom is -0.389 e. The van der Waals surface area contributed by atoms with Crippen molar-refractivity contribution >= 4 is 23.3 Å². The van der Waals surface area contributed by atoms with Crippen molar-refractivity contribution in [2.45, 2.75) is 19.4 Å². The largest absolute Gasteiger partial charge is 0.389 e. The Hall–Kier alpha value is -1.37. The maximum absolute atomic E-state index is 12.4. The van der Waals surface area contributed by atoms with Crippen molar-refractivity contribution in [2.24, 2.45) is 0 Å². The number of amides is 1. The minimum absolute atomic E-state index is 0.170. The number of nitrogens with one attached hydrogen (secondary N) is 1. The van der Waals surface area contributed by atoms with Crippen LogP contribution in [-0.2, 0) is 4.74 Å². The van der Waals surface area contributed by atoms with Crippen LogP contribution >= 0.6 is 11.6 Å². The molecule has 1 aromatic heterocycles. The Labute approximate surface area is 130 Å². The van der Waals surface area contributed by atoms with Gasteiger partial charge in [-0.3, -0.25) is 4.79 Å². The summed E-state index contributed by atoms with van der Waals surface area (Å²) in [4.78, 5) is 17.9. The van der Waals surface area contributed by atoms with Crippen molar-refractivity contribution in [3.05, 3.63) is 22.8 Å². The van der Waals surface area contributed by atoms with Crippen LogP contribution in [0.15, 0.2) is 12.3 Å². The van der Waals surface area contributed by atoms with Crippen molar-refractivity contribution in [3.8, 4) is 0 Å². The van der Waals surface area contributed by atoms with Crippen LogP contribution in [0.5, 0.6) is 0 Å². The number of carbonyl (C=O) groups is 1. The zero-order valence-electron chi connectivity index (χ0n) is 12.6. The summed E-state index contributed by atoms with van der Waals surface area (Å²) in [6, 6.07) is 1.62. The molecular weight excluding hydrogens is 294 g/mol. The Kier molecular flexibility index (Phi) is 7.42. The highest BCUT2D eigenvalue weighted by Gasteiger charge is 2.18. The summed E-state index contributed by atoms with van der Waals surface area (Å²) >= 11 is 6.04. The number of aliphatic hydroxyl groups is 1. The van der Waals surface area contributed by atoms with Crippen LogP contribution < -0.4 is 5.32 Å². The third-order valence-corrected chi connectivity index (χ3v) is 3.13. The maximum Gasteiger partial charge on any atom is 0.255 e. The van der Waals surface area contributed by atoms with Gasteiger partial charge in [-0.15, -0.1) is 0 Å². The van der Waals surface area contributed by atoms with Crippen molar-refractivity contribution in [2.75, 3.05) is 39.2 Å². The fraction of sp³-hybridized carbons (Fsp3) is 0.571. The highest BCUT2D eigenvalue weighted by Crippen LogP contribution is 2.19. The van der Waals surface area contributed by atoms with E-state index in [4.69, 9.17) is 16.3 Å².